The van der Waals surface area contributed by atoms with Gasteiger partial charge < -0.3 is 12.2 Å². The Kier molecular flexibility index (Phi) is 13.4. The van der Waals surface area contributed by atoms with E-state index in [4.69, 9.17) is 5.32 Å². The Morgan fingerprint density at radius 3 is 1.69 bits per heavy atom. The molecule has 0 N–H and O–H groups in total. The third kappa shape index (κ3) is 10.4. The van der Waals surface area contributed by atoms with Crippen molar-refractivity contribution in [3.8, 4) is 0 Å². The molecular formula is C29H46FeNP. The Labute approximate surface area is 211 Å². The van der Waals surface area contributed by atoms with E-state index in [1.165, 1.54) is 16.7 Å². The van der Waals surface area contributed by atoms with Crippen molar-refractivity contribution in [1.29, 1.82) is 0 Å². The van der Waals surface area contributed by atoms with Crippen molar-refractivity contribution in [3.05, 3.63) is 76.9 Å². The molecule has 1 aromatic carbocycles. The molecular weight excluding hydrogens is 449 g/mol. The Balaban J connectivity index is 0.00000144. The summed E-state index contributed by atoms with van der Waals surface area (Å²) >= 11 is 0. The normalized spacial score (nSPS) is 15.2. The minimum atomic E-state index is -0.164. The number of nitrogens with zero attached hydrogens (tertiary/aromatic N) is 1. The van der Waals surface area contributed by atoms with Gasteiger partial charge in [-0.25, -0.2) is 0 Å². The van der Waals surface area contributed by atoms with E-state index in [9.17, 15) is 0 Å². The molecule has 0 aliphatic carbocycles. The van der Waals surface area contributed by atoms with E-state index >= 15 is 0 Å². The topological polar surface area (TPSA) is 14.1 Å². The van der Waals surface area contributed by atoms with Crippen molar-refractivity contribution in [2.45, 2.75) is 99.3 Å². The molecule has 0 saturated heterocycles. The molecule has 180 valence electrons. The van der Waals surface area contributed by atoms with Crippen LogP contribution in [0.2, 0.25) is 0 Å². The molecule has 1 nitrogen and oxygen atoms in total. The van der Waals surface area contributed by atoms with Gasteiger partial charge in [0.1, 0.15) is 0 Å². The molecule has 2 rings (SSSR count). The van der Waals surface area contributed by atoms with Crippen molar-refractivity contribution in [2.24, 2.45) is 5.41 Å². The van der Waals surface area contributed by atoms with Crippen molar-refractivity contribution in [1.82, 2.24) is 0 Å². The zero-order valence-corrected chi connectivity index (χ0v) is 24.3. The first-order valence-corrected chi connectivity index (χ1v) is 13.3. The second kappa shape index (κ2) is 13.8. The van der Waals surface area contributed by atoms with E-state index in [1.54, 1.807) is 0 Å². The van der Waals surface area contributed by atoms with Crippen LogP contribution in [0, 0.1) is 12.3 Å². The summed E-state index contributed by atoms with van der Waals surface area (Å²) in [5.41, 5.74) is 8.01. The Morgan fingerprint density at radius 2 is 1.31 bits per heavy atom. The summed E-state index contributed by atoms with van der Waals surface area (Å²) in [4.78, 5) is 0. The molecule has 32 heavy (non-hydrogen) atoms. The molecule has 0 saturated carbocycles. The summed E-state index contributed by atoms with van der Waals surface area (Å²) < 4.78 is 0. The SMILES string of the molecule is CC(C)c1cccc(C(C)C)c1C1=CC=C/C(=C/P(C(C)C)C(C)C)[N-]1.[CH2-]C(C)(C)C.[Fe+2]. The smallest absolute Gasteiger partial charge is 0.657 e. The van der Waals surface area contributed by atoms with Gasteiger partial charge in [0.25, 0.3) is 0 Å². The van der Waals surface area contributed by atoms with Crippen LogP contribution in [0.4, 0.5) is 0 Å². The molecule has 0 amide bonds. The van der Waals surface area contributed by atoms with E-state index in [2.05, 4.69) is 125 Å². The van der Waals surface area contributed by atoms with E-state index in [-0.39, 0.29) is 30.4 Å². The number of rotatable bonds is 6. The molecule has 1 aliphatic heterocycles. The number of hydrogen-bond acceptors (Lipinski definition) is 0. The minimum Gasteiger partial charge on any atom is -0.657 e. The predicted molar refractivity (Wildman–Crippen MR) is 145 cm³/mol. The number of hydrogen-bond donors (Lipinski definition) is 0. The van der Waals surface area contributed by atoms with Crippen molar-refractivity contribution in [2.75, 3.05) is 0 Å². The van der Waals surface area contributed by atoms with Gasteiger partial charge in [0, 0.05) is 0 Å². The maximum absolute atomic E-state index is 5.09. The average molecular weight is 496 g/mol. The predicted octanol–water partition coefficient (Wildman–Crippen LogP) is 10.2. The van der Waals surface area contributed by atoms with Crippen LogP contribution in [0.5, 0.6) is 0 Å². The van der Waals surface area contributed by atoms with E-state index in [1.807, 2.05) is 0 Å². The van der Waals surface area contributed by atoms with Crippen LogP contribution in [0.1, 0.15) is 105 Å². The van der Waals surface area contributed by atoms with Crippen molar-refractivity contribution < 1.29 is 17.1 Å². The van der Waals surface area contributed by atoms with Gasteiger partial charge in [-0.1, -0.05) is 126 Å². The third-order valence-electron chi connectivity index (χ3n) is 4.87. The fourth-order valence-electron chi connectivity index (χ4n) is 3.56. The van der Waals surface area contributed by atoms with Gasteiger partial charge in [0.2, 0.25) is 0 Å². The zero-order valence-electron chi connectivity index (χ0n) is 22.3. The van der Waals surface area contributed by atoms with E-state index < -0.39 is 0 Å². The maximum atomic E-state index is 5.09. The molecule has 1 aliphatic rings. The Bertz CT molecular complexity index is 752. The molecule has 1 heterocycles. The van der Waals surface area contributed by atoms with Crippen LogP contribution >= 0.6 is 7.92 Å². The quantitative estimate of drug-likeness (QED) is 0.212. The van der Waals surface area contributed by atoms with Crippen LogP contribution in [0.15, 0.2) is 47.9 Å². The monoisotopic (exact) mass is 495 g/mol. The van der Waals surface area contributed by atoms with Crippen LogP contribution < -0.4 is 0 Å². The van der Waals surface area contributed by atoms with Gasteiger partial charge in [0.15, 0.2) is 0 Å². The molecule has 0 bridgehead atoms. The molecule has 1 aromatic rings. The average Bonchev–Trinajstić information content (AvgIpc) is 2.63. The first-order chi connectivity index (χ1) is 14.2. The number of benzene rings is 1. The van der Waals surface area contributed by atoms with Gasteiger partial charge >= 0.3 is 17.1 Å². The molecule has 0 radical (unpaired) electrons. The van der Waals surface area contributed by atoms with E-state index in [0.717, 1.165) is 11.4 Å². The molecule has 0 aromatic heterocycles. The molecule has 0 unspecified atom stereocenters. The Hall–Kier alpha value is -0.811. The standard InChI is InChI=1S/C24H35NP.C5H11.Fe/c1-16(2)21-12-10-13-22(17(3)4)24(21)23-14-9-11-20(25-23)15-26(18(5)6)19(7)8;1-5(2,3)4;/h9-19H,1-8H3;1H2,2-4H3;/q2*-1;+2/b20-15-;;. The van der Waals surface area contributed by atoms with Crippen LogP contribution in [0.25, 0.3) is 11.0 Å². The molecule has 3 heteroatoms. The summed E-state index contributed by atoms with van der Waals surface area (Å²) in [6.07, 6.45) is 6.51. The first kappa shape index (κ1) is 31.2. The zero-order chi connectivity index (χ0) is 23.9. The van der Waals surface area contributed by atoms with E-state index in [0.29, 0.717) is 23.2 Å². The Morgan fingerprint density at radius 1 is 0.875 bits per heavy atom. The summed E-state index contributed by atoms with van der Waals surface area (Å²) in [6, 6.07) is 6.72. The fourth-order valence-corrected chi connectivity index (χ4v) is 5.79. The second-order valence-corrected chi connectivity index (χ2v) is 14.1. The number of allylic oxidation sites excluding steroid dienone is 3. The molecule has 0 fully saturated rings. The maximum Gasteiger partial charge on any atom is 2.00 e. The van der Waals surface area contributed by atoms with Gasteiger partial charge in [0.05, 0.1) is 0 Å². The van der Waals surface area contributed by atoms with Crippen LogP contribution in [-0.4, -0.2) is 11.3 Å². The minimum absolute atomic E-state index is 0. The fraction of sp³-hybridized carbons (Fsp3) is 0.552. The third-order valence-corrected chi connectivity index (χ3v) is 7.82. The van der Waals surface area contributed by atoms with Crippen molar-refractivity contribution in [3.63, 3.8) is 0 Å². The first-order valence-electron chi connectivity index (χ1n) is 11.8. The van der Waals surface area contributed by atoms with Crippen molar-refractivity contribution >= 4 is 13.6 Å². The summed E-state index contributed by atoms with van der Waals surface area (Å²) in [5, 5.41) is 5.09. The van der Waals surface area contributed by atoms with Crippen LogP contribution in [0.3, 0.4) is 0 Å². The largest absolute Gasteiger partial charge is 2.00 e. The van der Waals surface area contributed by atoms with Gasteiger partial charge in [-0.2, -0.15) is 5.41 Å². The summed E-state index contributed by atoms with van der Waals surface area (Å²) in [7, 11) is -0.164. The van der Waals surface area contributed by atoms with Gasteiger partial charge in [-0.15, -0.1) is 11.4 Å². The summed E-state index contributed by atoms with van der Waals surface area (Å²) in [5.74, 6) is 3.41. The van der Waals surface area contributed by atoms with Crippen LogP contribution in [-0.2, 0) is 17.1 Å². The van der Waals surface area contributed by atoms with Gasteiger partial charge in [-0.05, 0) is 39.8 Å². The summed E-state index contributed by atoms with van der Waals surface area (Å²) in [6.45, 7) is 28.4. The molecule has 0 atom stereocenters. The molecule has 0 spiro atoms. The van der Waals surface area contributed by atoms with Gasteiger partial charge in [-0.3, -0.25) is 0 Å². The second-order valence-electron chi connectivity index (χ2n) is 10.9.